The number of methoxy groups -OCH3 is 3. The second-order valence-electron chi connectivity index (χ2n) is 6.81. The minimum absolute atomic E-state index is 0.134. The lowest BCUT2D eigenvalue weighted by molar-refractivity contribution is -0.116. The zero-order valence-electron chi connectivity index (χ0n) is 17.8. The van der Waals surface area contributed by atoms with Crippen LogP contribution in [0, 0.1) is 0 Å². The summed E-state index contributed by atoms with van der Waals surface area (Å²) in [5.41, 5.74) is 0.824. The van der Waals surface area contributed by atoms with Crippen LogP contribution in [0.25, 0.3) is 10.9 Å². The number of nitrogens with one attached hydrogen (secondary N) is 1. The lowest BCUT2D eigenvalue weighted by atomic mass is 10.2. The monoisotopic (exact) mass is 459 g/mol. The van der Waals surface area contributed by atoms with E-state index in [-0.39, 0.29) is 23.5 Å². The highest BCUT2D eigenvalue weighted by atomic mass is 35.5. The summed E-state index contributed by atoms with van der Waals surface area (Å²) in [4.78, 5) is 41.1. The van der Waals surface area contributed by atoms with Gasteiger partial charge in [-0.05, 0) is 30.7 Å². The number of hydrogen-bond donors (Lipinski definition) is 1. The fourth-order valence-electron chi connectivity index (χ4n) is 3.13. The molecule has 1 aromatic heterocycles. The van der Waals surface area contributed by atoms with Gasteiger partial charge in [0.1, 0.15) is 0 Å². The molecular weight excluding hydrogens is 438 g/mol. The molecular formula is C22H22ClN3O6. The van der Waals surface area contributed by atoms with Crippen LogP contribution in [0.4, 0.5) is 5.69 Å². The van der Waals surface area contributed by atoms with E-state index in [0.717, 1.165) is 0 Å². The Morgan fingerprint density at radius 2 is 1.81 bits per heavy atom. The van der Waals surface area contributed by atoms with E-state index in [1.807, 2.05) is 0 Å². The highest BCUT2D eigenvalue weighted by molar-refractivity contribution is 6.33. The number of nitrogens with zero attached hydrogens (tertiary/aromatic N) is 2. The van der Waals surface area contributed by atoms with E-state index in [0.29, 0.717) is 46.1 Å². The number of fused-ring (bicyclic) bond motifs is 1. The third kappa shape index (κ3) is 5.00. The Kier molecular flexibility index (Phi) is 7.32. The molecule has 9 nitrogen and oxygen atoms in total. The molecule has 0 atom stereocenters. The van der Waals surface area contributed by atoms with Gasteiger partial charge < -0.3 is 19.5 Å². The first-order valence-electron chi connectivity index (χ1n) is 9.66. The summed E-state index contributed by atoms with van der Waals surface area (Å²) in [5, 5.41) is 3.36. The van der Waals surface area contributed by atoms with Gasteiger partial charge in [-0.15, -0.1) is 0 Å². The molecule has 0 saturated heterocycles. The van der Waals surface area contributed by atoms with Crippen molar-refractivity contribution in [2.75, 3.05) is 26.6 Å². The number of carbonyl (C=O) groups excluding carboxylic acids is 2. The van der Waals surface area contributed by atoms with Gasteiger partial charge in [0, 0.05) is 19.0 Å². The van der Waals surface area contributed by atoms with E-state index in [2.05, 4.69) is 15.0 Å². The normalized spacial score (nSPS) is 10.6. The summed E-state index contributed by atoms with van der Waals surface area (Å²) in [6.45, 7) is 0.291. The number of carbonyl (C=O) groups is 2. The van der Waals surface area contributed by atoms with Crippen molar-refractivity contribution in [2.24, 2.45) is 0 Å². The Morgan fingerprint density at radius 1 is 1.09 bits per heavy atom. The standard InChI is InChI=1S/C22H22ClN3O6/c1-30-18-10-14-16(11-19(18)31-2)24-12-26(21(14)28)8-4-5-20(27)25-17-9-13(22(29)32-3)6-7-15(17)23/h6-7,9-12H,4-5,8H2,1-3H3,(H,25,27). The molecule has 0 aliphatic rings. The molecule has 0 fully saturated rings. The molecule has 0 aliphatic heterocycles. The first-order valence-corrected chi connectivity index (χ1v) is 10.0. The largest absolute Gasteiger partial charge is 0.493 e. The molecule has 0 bridgehead atoms. The fraction of sp³-hybridized carbons (Fsp3) is 0.273. The number of aromatic nitrogens is 2. The van der Waals surface area contributed by atoms with Crippen molar-refractivity contribution in [3.63, 3.8) is 0 Å². The molecule has 168 valence electrons. The highest BCUT2D eigenvalue weighted by Crippen LogP contribution is 2.29. The molecule has 1 N–H and O–H groups in total. The maximum absolute atomic E-state index is 12.8. The predicted octanol–water partition coefficient (Wildman–Crippen LogP) is 3.27. The van der Waals surface area contributed by atoms with Crippen LogP contribution in [0.3, 0.4) is 0 Å². The maximum atomic E-state index is 12.8. The molecule has 0 spiro atoms. The molecule has 1 amide bonds. The number of halogens is 1. The van der Waals surface area contributed by atoms with Crippen LogP contribution in [0.2, 0.25) is 5.02 Å². The first-order chi connectivity index (χ1) is 15.4. The van der Waals surface area contributed by atoms with Gasteiger partial charge in [-0.1, -0.05) is 11.6 Å². The van der Waals surface area contributed by atoms with Crippen molar-refractivity contribution in [2.45, 2.75) is 19.4 Å². The van der Waals surface area contributed by atoms with E-state index in [1.165, 1.54) is 50.4 Å². The van der Waals surface area contributed by atoms with E-state index < -0.39 is 5.97 Å². The van der Waals surface area contributed by atoms with Crippen LogP contribution in [0.15, 0.2) is 41.5 Å². The minimum atomic E-state index is -0.533. The summed E-state index contributed by atoms with van der Waals surface area (Å²) in [5.74, 6) is 0.0788. The summed E-state index contributed by atoms with van der Waals surface area (Å²) in [6.07, 6.45) is 1.96. The summed E-state index contributed by atoms with van der Waals surface area (Å²) >= 11 is 6.10. The molecule has 0 saturated carbocycles. The summed E-state index contributed by atoms with van der Waals surface area (Å²) in [7, 11) is 4.27. The van der Waals surface area contributed by atoms with E-state index >= 15 is 0 Å². The van der Waals surface area contributed by atoms with Crippen LogP contribution in [0.5, 0.6) is 11.5 Å². The van der Waals surface area contributed by atoms with Gasteiger partial charge in [0.2, 0.25) is 5.91 Å². The molecule has 0 aliphatic carbocycles. The van der Waals surface area contributed by atoms with Crippen molar-refractivity contribution >= 4 is 40.1 Å². The van der Waals surface area contributed by atoms with E-state index in [1.54, 1.807) is 12.1 Å². The zero-order valence-corrected chi connectivity index (χ0v) is 18.6. The Bertz CT molecular complexity index is 1220. The van der Waals surface area contributed by atoms with Crippen LogP contribution >= 0.6 is 11.6 Å². The van der Waals surface area contributed by atoms with Crippen LogP contribution in [-0.2, 0) is 16.1 Å². The number of hydrogen-bond acceptors (Lipinski definition) is 7. The van der Waals surface area contributed by atoms with Crippen molar-refractivity contribution in [1.29, 1.82) is 0 Å². The highest BCUT2D eigenvalue weighted by Gasteiger charge is 2.13. The second kappa shape index (κ2) is 10.1. The predicted molar refractivity (Wildman–Crippen MR) is 120 cm³/mol. The quantitative estimate of drug-likeness (QED) is 0.515. The Labute approximate surface area is 188 Å². The molecule has 32 heavy (non-hydrogen) atoms. The van der Waals surface area contributed by atoms with Crippen molar-refractivity contribution in [3.8, 4) is 11.5 Å². The molecule has 1 heterocycles. The lowest BCUT2D eigenvalue weighted by Crippen LogP contribution is -2.22. The second-order valence-corrected chi connectivity index (χ2v) is 7.21. The smallest absolute Gasteiger partial charge is 0.337 e. The van der Waals surface area contributed by atoms with Gasteiger partial charge in [0.05, 0.1) is 54.8 Å². The molecule has 10 heteroatoms. The van der Waals surface area contributed by atoms with Crippen molar-refractivity contribution < 1.29 is 23.8 Å². The molecule has 3 rings (SSSR count). The molecule has 0 radical (unpaired) electrons. The van der Waals surface area contributed by atoms with Gasteiger partial charge >= 0.3 is 5.97 Å². The average molecular weight is 460 g/mol. The number of ether oxygens (including phenoxy) is 3. The van der Waals surface area contributed by atoms with Gasteiger partial charge in [-0.2, -0.15) is 0 Å². The van der Waals surface area contributed by atoms with E-state index in [4.69, 9.17) is 21.1 Å². The number of esters is 1. The number of rotatable bonds is 8. The number of benzene rings is 2. The SMILES string of the molecule is COC(=O)c1ccc(Cl)c(NC(=O)CCCn2cnc3cc(OC)c(OC)cc3c2=O)c1. The lowest BCUT2D eigenvalue weighted by Gasteiger charge is -2.11. The van der Waals surface area contributed by atoms with E-state index in [9.17, 15) is 14.4 Å². The fourth-order valence-corrected chi connectivity index (χ4v) is 3.30. The Morgan fingerprint density at radius 3 is 2.50 bits per heavy atom. The summed E-state index contributed by atoms with van der Waals surface area (Å²) in [6, 6.07) is 7.69. The Balaban J connectivity index is 1.67. The van der Waals surface area contributed by atoms with Crippen LogP contribution in [-0.4, -0.2) is 42.8 Å². The summed E-state index contributed by atoms with van der Waals surface area (Å²) < 4.78 is 16.6. The maximum Gasteiger partial charge on any atom is 0.337 e. The van der Waals surface area contributed by atoms with Crippen LogP contribution < -0.4 is 20.3 Å². The number of amides is 1. The average Bonchev–Trinajstić information content (AvgIpc) is 2.80. The van der Waals surface area contributed by atoms with Gasteiger partial charge in [0.15, 0.2) is 11.5 Å². The third-order valence-corrected chi connectivity index (χ3v) is 5.12. The topological polar surface area (TPSA) is 109 Å². The molecule has 3 aromatic rings. The third-order valence-electron chi connectivity index (χ3n) is 4.79. The minimum Gasteiger partial charge on any atom is -0.493 e. The van der Waals surface area contributed by atoms with Gasteiger partial charge in [-0.3, -0.25) is 14.2 Å². The van der Waals surface area contributed by atoms with Crippen molar-refractivity contribution in [3.05, 3.63) is 57.6 Å². The van der Waals surface area contributed by atoms with Crippen LogP contribution in [0.1, 0.15) is 23.2 Å². The number of anilines is 1. The zero-order chi connectivity index (χ0) is 23.3. The first kappa shape index (κ1) is 23.1. The van der Waals surface area contributed by atoms with Crippen molar-refractivity contribution in [1.82, 2.24) is 9.55 Å². The van der Waals surface area contributed by atoms with Gasteiger partial charge in [0.25, 0.3) is 5.56 Å². The Hall–Kier alpha value is -3.59. The molecule has 2 aromatic carbocycles. The number of aryl methyl sites for hydroxylation is 1. The van der Waals surface area contributed by atoms with Gasteiger partial charge in [-0.25, -0.2) is 9.78 Å². The molecule has 0 unspecified atom stereocenters.